The first-order valence-electron chi connectivity index (χ1n) is 2.96. The van der Waals surface area contributed by atoms with Crippen LogP contribution in [0.25, 0.3) is 10.4 Å². The number of hydrogen-bond acceptors (Lipinski definition) is 2. The zero-order chi connectivity index (χ0) is 6.69. The van der Waals surface area contributed by atoms with Crippen LogP contribution in [0.1, 0.15) is 6.92 Å². The van der Waals surface area contributed by atoms with Gasteiger partial charge >= 0.3 is 0 Å². The highest BCUT2D eigenvalue weighted by atomic mass is 16.5. The van der Waals surface area contributed by atoms with Gasteiger partial charge in [0.05, 0.1) is 12.6 Å². The Hall–Kier alpha value is -0.730. The Balaban J connectivity index is 2.49. The fourth-order valence-corrected chi connectivity index (χ4v) is 0.863. The summed E-state index contributed by atoms with van der Waals surface area (Å²) in [6, 6.07) is 0.0648. The van der Waals surface area contributed by atoms with Gasteiger partial charge < -0.3 is 4.74 Å². The van der Waals surface area contributed by atoms with E-state index in [-0.39, 0.29) is 6.04 Å². The molecule has 1 fully saturated rings. The molecule has 0 aromatic carbocycles. The summed E-state index contributed by atoms with van der Waals surface area (Å²) in [6.45, 7) is 3.33. The van der Waals surface area contributed by atoms with Crippen LogP contribution in [0.15, 0.2) is 5.11 Å². The molecule has 4 nitrogen and oxygen atoms in total. The predicted molar refractivity (Wildman–Crippen MR) is 32.9 cm³/mol. The minimum Gasteiger partial charge on any atom is -0.381 e. The highest BCUT2D eigenvalue weighted by molar-refractivity contribution is 4.77. The molecule has 9 heavy (non-hydrogen) atoms. The topological polar surface area (TPSA) is 58.0 Å². The van der Waals surface area contributed by atoms with Crippen LogP contribution in [0.4, 0.5) is 0 Å². The van der Waals surface area contributed by atoms with Crippen molar-refractivity contribution in [3.8, 4) is 0 Å². The van der Waals surface area contributed by atoms with Crippen molar-refractivity contribution in [3.63, 3.8) is 0 Å². The lowest BCUT2D eigenvalue weighted by molar-refractivity contribution is 0.186. The van der Waals surface area contributed by atoms with E-state index in [1.807, 2.05) is 6.92 Å². The lowest BCUT2D eigenvalue weighted by Crippen LogP contribution is -2.10. The molecule has 0 spiro atoms. The Morgan fingerprint density at radius 1 is 1.67 bits per heavy atom. The summed E-state index contributed by atoms with van der Waals surface area (Å²) in [6.07, 6.45) is 0. The molecule has 0 aliphatic carbocycles. The van der Waals surface area contributed by atoms with E-state index in [0.29, 0.717) is 12.5 Å². The Morgan fingerprint density at radius 3 is 2.89 bits per heavy atom. The van der Waals surface area contributed by atoms with E-state index in [1.165, 1.54) is 0 Å². The first kappa shape index (κ1) is 6.39. The van der Waals surface area contributed by atoms with Crippen molar-refractivity contribution < 1.29 is 4.74 Å². The minimum atomic E-state index is 0.0648. The first-order valence-corrected chi connectivity index (χ1v) is 2.96. The van der Waals surface area contributed by atoms with Gasteiger partial charge in [-0.3, -0.25) is 0 Å². The maximum Gasteiger partial charge on any atom is 0.0655 e. The van der Waals surface area contributed by atoms with Gasteiger partial charge in [0.25, 0.3) is 0 Å². The third kappa shape index (κ3) is 1.34. The zero-order valence-corrected chi connectivity index (χ0v) is 5.32. The van der Waals surface area contributed by atoms with Crippen molar-refractivity contribution in [2.24, 2.45) is 11.0 Å². The largest absolute Gasteiger partial charge is 0.381 e. The van der Waals surface area contributed by atoms with E-state index >= 15 is 0 Å². The normalized spacial score (nSPS) is 33.9. The van der Waals surface area contributed by atoms with Gasteiger partial charge in [0.1, 0.15) is 0 Å². The fourth-order valence-electron chi connectivity index (χ4n) is 0.863. The standard InChI is InChI=1S/C5H9N3O/c1-4-2-9-3-5(4)7-8-6/h4-5H,2-3H2,1H3/t4-,5+/m0/s1. The molecule has 0 bridgehead atoms. The van der Waals surface area contributed by atoms with Crippen LogP contribution in [0.2, 0.25) is 0 Å². The SMILES string of the molecule is C[C@H]1COC[C@H]1N=[N+]=[N-]. The van der Waals surface area contributed by atoms with Gasteiger partial charge in [-0.2, -0.15) is 0 Å². The van der Waals surface area contributed by atoms with Crippen LogP contribution in [0.3, 0.4) is 0 Å². The lowest BCUT2D eigenvalue weighted by atomic mass is 10.1. The molecule has 4 heteroatoms. The van der Waals surface area contributed by atoms with Gasteiger partial charge in [-0.15, -0.1) is 0 Å². The number of ether oxygens (including phenoxy) is 1. The highest BCUT2D eigenvalue weighted by Gasteiger charge is 2.22. The highest BCUT2D eigenvalue weighted by Crippen LogP contribution is 2.15. The number of rotatable bonds is 1. The van der Waals surface area contributed by atoms with Crippen LogP contribution < -0.4 is 0 Å². The second-order valence-electron chi connectivity index (χ2n) is 2.29. The first-order chi connectivity index (χ1) is 4.34. The molecule has 0 amide bonds. The molecule has 0 aromatic heterocycles. The summed E-state index contributed by atoms with van der Waals surface area (Å²) in [5.41, 5.74) is 8.05. The smallest absolute Gasteiger partial charge is 0.0655 e. The van der Waals surface area contributed by atoms with E-state index < -0.39 is 0 Å². The van der Waals surface area contributed by atoms with Gasteiger partial charge in [0.2, 0.25) is 0 Å². The van der Waals surface area contributed by atoms with Crippen molar-refractivity contribution >= 4 is 0 Å². The second-order valence-corrected chi connectivity index (χ2v) is 2.29. The van der Waals surface area contributed by atoms with Crippen LogP contribution in [-0.2, 0) is 4.74 Å². The van der Waals surface area contributed by atoms with Crippen molar-refractivity contribution in [3.05, 3.63) is 10.4 Å². The summed E-state index contributed by atoms with van der Waals surface area (Å²) in [7, 11) is 0. The molecular formula is C5H9N3O. The van der Waals surface area contributed by atoms with Gasteiger partial charge in [0, 0.05) is 11.5 Å². The molecule has 50 valence electrons. The van der Waals surface area contributed by atoms with Gasteiger partial charge in [-0.25, -0.2) is 0 Å². The molecule has 2 atom stereocenters. The fraction of sp³-hybridized carbons (Fsp3) is 1.00. The third-order valence-corrected chi connectivity index (χ3v) is 1.53. The van der Waals surface area contributed by atoms with Gasteiger partial charge in [0.15, 0.2) is 0 Å². The maximum absolute atomic E-state index is 8.05. The summed E-state index contributed by atoms with van der Waals surface area (Å²) in [5, 5.41) is 3.56. The molecule has 0 saturated carbocycles. The lowest BCUT2D eigenvalue weighted by Gasteiger charge is -2.01. The van der Waals surface area contributed by atoms with Crippen molar-refractivity contribution in [1.29, 1.82) is 0 Å². The minimum absolute atomic E-state index is 0.0648. The molecule has 1 heterocycles. The Labute approximate surface area is 53.4 Å². The molecule has 0 aromatic rings. The third-order valence-electron chi connectivity index (χ3n) is 1.53. The number of azide groups is 1. The van der Waals surface area contributed by atoms with E-state index in [9.17, 15) is 0 Å². The summed E-state index contributed by atoms with van der Waals surface area (Å²) in [4.78, 5) is 2.71. The van der Waals surface area contributed by atoms with Crippen molar-refractivity contribution in [2.75, 3.05) is 13.2 Å². The zero-order valence-electron chi connectivity index (χ0n) is 5.32. The molecule has 1 saturated heterocycles. The van der Waals surface area contributed by atoms with E-state index in [2.05, 4.69) is 10.0 Å². The second kappa shape index (κ2) is 2.71. The average Bonchev–Trinajstić information content (AvgIpc) is 2.18. The van der Waals surface area contributed by atoms with Crippen LogP contribution >= 0.6 is 0 Å². The Bertz CT molecular complexity index is 141. The quantitative estimate of drug-likeness (QED) is 0.298. The van der Waals surface area contributed by atoms with E-state index in [0.717, 1.165) is 6.61 Å². The predicted octanol–water partition coefficient (Wildman–Crippen LogP) is 1.33. The van der Waals surface area contributed by atoms with Crippen LogP contribution in [0, 0.1) is 5.92 Å². The summed E-state index contributed by atoms with van der Waals surface area (Å²) >= 11 is 0. The summed E-state index contributed by atoms with van der Waals surface area (Å²) < 4.78 is 5.06. The van der Waals surface area contributed by atoms with Crippen LogP contribution in [0.5, 0.6) is 0 Å². The molecule has 0 radical (unpaired) electrons. The van der Waals surface area contributed by atoms with Crippen molar-refractivity contribution in [2.45, 2.75) is 13.0 Å². The molecule has 0 unspecified atom stereocenters. The molecule has 0 N–H and O–H groups in total. The van der Waals surface area contributed by atoms with E-state index in [1.54, 1.807) is 0 Å². The van der Waals surface area contributed by atoms with Crippen molar-refractivity contribution in [1.82, 2.24) is 0 Å². The Kier molecular flexibility index (Phi) is 1.92. The maximum atomic E-state index is 8.05. The monoisotopic (exact) mass is 127 g/mol. The number of nitrogens with zero attached hydrogens (tertiary/aromatic N) is 3. The van der Waals surface area contributed by atoms with Gasteiger partial charge in [-0.1, -0.05) is 12.0 Å². The molecular weight excluding hydrogens is 118 g/mol. The average molecular weight is 127 g/mol. The van der Waals surface area contributed by atoms with Gasteiger partial charge in [-0.05, 0) is 11.4 Å². The number of hydrogen-bond donors (Lipinski definition) is 0. The molecule has 1 aliphatic rings. The van der Waals surface area contributed by atoms with Crippen LogP contribution in [-0.4, -0.2) is 19.3 Å². The Morgan fingerprint density at radius 2 is 2.44 bits per heavy atom. The molecule has 1 aliphatic heterocycles. The summed E-state index contributed by atoms with van der Waals surface area (Å²) in [5.74, 6) is 0.390. The van der Waals surface area contributed by atoms with E-state index in [4.69, 9.17) is 10.3 Å². The molecule has 1 rings (SSSR count).